The standard InChI is InChI=1S/C20H22N6O/c27-20(15-4-2-8-22-11-15)25-18-9-17(14-3-1-7-21-10-14)24-19-16(13-5-6-13)12-23-26(18)19/h2,4,8-9,11-14,21H,1,3,5-7,10H2,(H,25,27). The van der Waals surface area contributed by atoms with Gasteiger partial charge in [0, 0.05) is 36.5 Å². The van der Waals surface area contributed by atoms with Crippen LogP contribution in [0.1, 0.15) is 59.1 Å². The number of amides is 1. The summed E-state index contributed by atoms with van der Waals surface area (Å²) < 4.78 is 1.77. The van der Waals surface area contributed by atoms with Crippen LogP contribution in [0.5, 0.6) is 0 Å². The zero-order valence-electron chi connectivity index (χ0n) is 15.1. The van der Waals surface area contributed by atoms with Crippen molar-refractivity contribution in [3.8, 4) is 0 Å². The van der Waals surface area contributed by atoms with Crippen molar-refractivity contribution in [3.05, 3.63) is 53.6 Å². The van der Waals surface area contributed by atoms with Crippen LogP contribution in [0.3, 0.4) is 0 Å². The van der Waals surface area contributed by atoms with Gasteiger partial charge >= 0.3 is 0 Å². The molecule has 5 rings (SSSR count). The number of pyridine rings is 1. The Morgan fingerprint density at radius 1 is 1.22 bits per heavy atom. The number of aromatic nitrogens is 4. The van der Waals surface area contributed by atoms with Crippen molar-refractivity contribution in [3.63, 3.8) is 0 Å². The van der Waals surface area contributed by atoms with E-state index in [2.05, 4.69) is 20.7 Å². The maximum Gasteiger partial charge on any atom is 0.258 e. The highest BCUT2D eigenvalue weighted by Crippen LogP contribution is 2.42. The first-order valence-corrected chi connectivity index (χ1v) is 9.60. The van der Waals surface area contributed by atoms with E-state index in [1.54, 1.807) is 29.0 Å². The second kappa shape index (κ2) is 6.74. The predicted octanol–water partition coefficient (Wildman–Crippen LogP) is 2.72. The first-order chi connectivity index (χ1) is 13.3. The van der Waals surface area contributed by atoms with Crippen molar-refractivity contribution >= 4 is 17.4 Å². The minimum absolute atomic E-state index is 0.188. The average molecular weight is 362 g/mol. The lowest BCUT2D eigenvalue weighted by Crippen LogP contribution is -2.29. The SMILES string of the molecule is O=C(Nc1cc(C2CCCNC2)nc2c(C3CC3)cnn12)c1cccnc1. The highest BCUT2D eigenvalue weighted by atomic mass is 16.1. The van der Waals surface area contributed by atoms with Crippen LogP contribution in [0.25, 0.3) is 5.65 Å². The fourth-order valence-corrected chi connectivity index (χ4v) is 3.77. The molecule has 4 heterocycles. The minimum atomic E-state index is -0.188. The summed E-state index contributed by atoms with van der Waals surface area (Å²) in [5.41, 5.74) is 3.62. The van der Waals surface area contributed by atoms with E-state index in [9.17, 15) is 4.79 Å². The van der Waals surface area contributed by atoms with Gasteiger partial charge in [-0.25, -0.2) is 4.98 Å². The van der Waals surface area contributed by atoms with Gasteiger partial charge in [0.15, 0.2) is 5.65 Å². The molecular weight excluding hydrogens is 340 g/mol. The van der Waals surface area contributed by atoms with Gasteiger partial charge in [-0.2, -0.15) is 9.61 Å². The highest BCUT2D eigenvalue weighted by molar-refractivity contribution is 6.03. The van der Waals surface area contributed by atoms with Crippen molar-refractivity contribution in [2.45, 2.75) is 37.5 Å². The van der Waals surface area contributed by atoms with Gasteiger partial charge in [-0.05, 0) is 50.3 Å². The number of nitrogens with zero attached hydrogens (tertiary/aromatic N) is 4. The van der Waals surface area contributed by atoms with E-state index in [1.165, 1.54) is 18.4 Å². The molecule has 3 aromatic heterocycles. The molecule has 2 fully saturated rings. The largest absolute Gasteiger partial charge is 0.316 e. The van der Waals surface area contributed by atoms with Crippen LogP contribution < -0.4 is 10.6 Å². The Hall–Kier alpha value is -2.80. The summed E-state index contributed by atoms with van der Waals surface area (Å²) in [5.74, 6) is 1.39. The number of rotatable bonds is 4. The molecular formula is C20H22N6O. The molecule has 1 amide bonds. The van der Waals surface area contributed by atoms with Gasteiger partial charge in [0.25, 0.3) is 5.91 Å². The van der Waals surface area contributed by atoms with E-state index >= 15 is 0 Å². The molecule has 1 unspecified atom stereocenters. The van der Waals surface area contributed by atoms with Gasteiger partial charge in [0.2, 0.25) is 0 Å². The molecule has 0 spiro atoms. The fraction of sp³-hybridized carbons (Fsp3) is 0.400. The lowest BCUT2D eigenvalue weighted by Gasteiger charge is -2.23. The number of carbonyl (C=O) groups is 1. The second-order valence-electron chi connectivity index (χ2n) is 7.41. The second-order valence-corrected chi connectivity index (χ2v) is 7.41. The van der Waals surface area contributed by atoms with E-state index in [1.807, 2.05) is 12.3 Å². The molecule has 7 nitrogen and oxygen atoms in total. The fourth-order valence-electron chi connectivity index (χ4n) is 3.77. The first kappa shape index (κ1) is 16.4. The molecule has 2 N–H and O–H groups in total. The van der Waals surface area contributed by atoms with Gasteiger partial charge in [-0.1, -0.05) is 0 Å². The molecule has 1 aliphatic heterocycles. The maximum atomic E-state index is 12.7. The van der Waals surface area contributed by atoms with Crippen molar-refractivity contribution in [2.75, 3.05) is 18.4 Å². The van der Waals surface area contributed by atoms with Crippen LogP contribution in [0.2, 0.25) is 0 Å². The van der Waals surface area contributed by atoms with Gasteiger partial charge < -0.3 is 10.6 Å². The maximum absolute atomic E-state index is 12.7. The molecule has 2 aliphatic rings. The summed E-state index contributed by atoms with van der Waals surface area (Å²) >= 11 is 0. The molecule has 27 heavy (non-hydrogen) atoms. The topological polar surface area (TPSA) is 84.2 Å². The summed E-state index contributed by atoms with van der Waals surface area (Å²) in [4.78, 5) is 21.7. The summed E-state index contributed by atoms with van der Waals surface area (Å²) in [5, 5.41) is 11.0. The number of hydrogen-bond acceptors (Lipinski definition) is 5. The van der Waals surface area contributed by atoms with E-state index in [4.69, 9.17) is 4.98 Å². The van der Waals surface area contributed by atoms with Gasteiger partial charge in [-0.15, -0.1) is 0 Å². The van der Waals surface area contributed by atoms with Crippen LogP contribution in [0, 0.1) is 0 Å². The van der Waals surface area contributed by atoms with Crippen molar-refractivity contribution < 1.29 is 4.79 Å². The van der Waals surface area contributed by atoms with Crippen LogP contribution in [0.4, 0.5) is 5.82 Å². The Kier molecular flexibility index (Phi) is 4.09. The van der Waals surface area contributed by atoms with Gasteiger partial charge in [-0.3, -0.25) is 9.78 Å². The number of anilines is 1. The average Bonchev–Trinajstić information content (AvgIpc) is 3.48. The van der Waals surface area contributed by atoms with Crippen LogP contribution >= 0.6 is 0 Å². The van der Waals surface area contributed by atoms with Crippen LogP contribution in [-0.2, 0) is 0 Å². The van der Waals surface area contributed by atoms with Crippen molar-refractivity contribution in [1.29, 1.82) is 0 Å². The molecule has 1 atom stereocenters. The number of hydrogen-bond donors (Lipinski definition) is 2. The quantitative estimate of drug-likeness (QED) is 0.745. The third-order valence-corrected chi connectivity index (χ3v) is 5.42. The highest BCUT2D eigenvalue weighted by Gasteiger charge is 2.29. The van der Waals surface area contributed by atoms with E-state index in [-0.39, 0.29) is 5.91 Å². The minimum Gasteiger partial charge on any atom is -0.316 e. The number of carbonyl (C=O) groups excluding carboxylic acids is 1. The smallest absolute Gasteiger partial charge is 0.258 e. The zero-order valence-corrected chi connectivity index (χ0v) is 15.1. The molecule has 1 saturated carbocycles. The van der Waals surface area contributed by atoms with E-state index in [0.717, 1.165) is 37.3 Å². The summed E-state index contributed by atoms with van der Waals surface area (Å²) in [7, 11) is 0. The number of nitrogens with one attached hydrogen (secondary N) is 2. The Morgan fingerprint density at radius 3 is 2.89 bits per heavy atom. The van der Waals surface area contributed by atoms with Crippen LogP contribution in [-0.4, -0.2) is 38.6 Å². The van der Waals surface area contributed by atoms with Gasteiger partial charge in [0.05, 0.1) is 17.5 Å². The Morgan fingerprint density at radius 2 is 2.15 bits per heavy atom. The molecule has 0 aromatic carbocycles. The van der Waals surface area contributed by atoms with E-state index < -0.39 is 0 Å². The predicted molar refractivity (Wildman–Crippen MR) is 102 cm³/mol. The van der Waals surface area contributed by atoms with Crippen LogP contribution in [0.15, 0.2) is 36.8 Å². The van der Waals surface area contributed by atoms with E-state index in [0.29, 0.717) is 23.2 Å². The zero-order chi connectivity index (χ0) is 18.2. The summed E-state index contributed by atoms with van der Waals surface area (Å²) in [6.07, 6.45) is 9.76. The molecule has 3 aromatic rings. The molecule has 7 heteroatoms. The van der Waals surface area contributed by atoms with Gasteiger partial charge in [0.1, 0.15) is 5.82 Å². The summed E-state index contributed by atoms with van der Waals surface area (Å²) in [6, 6.07) is 5.49. The monoisotopic (exact) mass is 362 g/mol. The number of piperidine rings is 1. The molecule has 1 saturated heterocycles. The van der Waals surface area contributed by atoms with Crippen molar-refractivity contribution in [1.82, 2.24) is 24.9 Å². The summed E-state index contributed by atoms with van der Waals surface area (Å²) in [6.45, 7) is 1.98. The molecule has 138 valence electrons. The first-order valence-electron chi connectivity index (χ1n) is 9.60. The molecule has 0 radical (unpaired) electrons. The lowest BCUT2D eigenvalue weighted by molar-refractivity contribution is 0.102. The molecule has 1 aliphatic carbocycles. The van der Waals surface area contributed by atoms with Crippen molar-refractivity contribution in [2.24, 2.45) is 0 Å². The Labute approximate surface area is 157 Å². The Bertz CT molecular complexity index is 973. The lowest BCUT2D eigenvalue weighted by atomic mass is 9.96. The number of fused-ring (bicyclic) bond motifs is 1. The molecule has 0 bridgehead atoms. The third kappa shape index (κ3) is 3.19. The normalized spacial score (nSPS) is 19.9. The third-order valence-electron chi connectivity index (χ3n) is 5.42. The Balaban J connectivity index is 1.56.